The maximum Gasteiger partial charge on any atom is 0.417 e. The van der Waals surface area contributed by atoms with Gasteiger partial charge in [-0.1, -0.05) is 0 Å². The smallest absolute Gasteiger partial charge is 0.368 e. The van der Waals surface area contributed by atoms with Crippen molar-refractivity contribution in [2.75, 3.05) is 6.54 Å². The summed E-state index contributed by atoms with van der Waals surface area (Å²) in [4.78, 5) is 28.5. The SMILES string of the molecule is CC(C(N)=O)N(CC1CC1)C(=O)c1cncc(C(F)(F)F)c1. The van der Waals surface area contributed by atoms with Gasteiger partial charge in [0.15, 0.2) is 0 Å². The van der Waals surface area contributed by atoms with Crippen LogP contribution in [0.3, 0.4) is 0 Å². The molecule has 1 atom stereocenters. The summed E-state index contributed by atoms with van der Waals surface area (Å²) in [6.07, 6.45) is -1.02. The van der Waals surface area contributed by atoms with Gasteiger partial charge >= 0.3 is 6.18 Å². The quantitative estimate of drug-likeness (QED) is 0.900. The highest BCUT2D eigenvalue weighted by Crippen LogP contribution is 2.32. The maximum absolute atomic E-state index is 12.7. The molecule has 22 heavy (non-hydrogen) atoms. The number of halogens is 3. The van der Waals surface area contributed by atoms with Crippen molar-refractivity contribution in [3.05, 3.63) is 29.6 Å². The third kappa shape index (κ3) is 3.75. The van der Waals surface area contributed by atoms with Crippen molar-refractivity contribution in [2.24, 2.45) is 11.7 Å². The Hall–Kier alpha value is -2.12. The van der Waals surface area contributed by atoms with Crippen molar-refractivity contribution in [3.8, 4) is 0 Å². The molecule has 0 aliphatic heterocycles. The fourth-order valence-electron chi connectivity index (χ4n) is 2.03. The molecule has 2 N–H and O–H groups in total. The van der Waals surface area contributed by atoms with Gasteiger partial charge in [-0.15, -0.1) is 0 Å². The van der Waals surface area contributed by atoms with E-state index < -0.39 is 29.6 Å². The number of nitrogens with two attached hydrogens (primary N) is 1. The highest BCUT2D eigenvalue weighted by atomic mass is 19.4. The van der Waals surface area contributed by atoms with E-state index >= 15 is 0 Å². The Morgan fingerprint density at radius 2 is 2.05 bits per heavy atom. The molecule has 5 nitrogen and oxygen atoms in total. The predicted octanol–water partition coefficient (Wildman–Crippen LogP) is 1.83. The van der Waals surface area contributed by atoms with Gasteiger partial charge in [0, 0.05) is 18.9 Å². The third-order valence-electron chi connectivity index (χ3n) is 3.60. The zero-order chi connectivity index (χ0) is 16.5. The lowest BCUT2D eigenvalue weighted by Crippen LogP contribution is -2.47. The third-order valence-corrected chi connectivity index (χ3v) is 3.60. The first kappa shape index (κ1) is 16.3. The molecule has 1 unspecified atom stereocenters. The second-order valence-electron chi connectivity index (χ2n) is 5.44. The fraction of sp³-hybridized carbons (Fsp3) is 0.500. The van der Waals surface area contributed by atoms with E-state index in [9.17, 15) is 22.8 Å². The van der Waals surface area contributed by atoms with E-state index in [-0.39, 0.29) is 11.5 Å². The molecule has 0 spiro atoms. The predicted molar refractivity (Wildman–Crippen MR) is 71.7 cm³/mol. The molecule has 8 heteroatoms. The second-order valence-corrected chi connectivity index (χ2v) is 5.44. The van der Waals surface area contributed by atoms with Crippen LogP contribution in [0.15, 0.2) is 18.5 Å². The van der Waals surface area contributed by atoms with Crippen LogP contribution in [0.5, 0.6) is 0 Å². The number of carbonyl (C=O) groups excluding carboxylic acids is 2. The number of rotatable bonds is 5. The number of amides is 2. The van der Waals surface area contributed by atoms with E-state index in [4.69, 9.17) is 5.73 Å². The van der Waals surface area contributed by atoms with Gasteiger partial charge in [-0.05, 0) is 31.7 Å². The van der Waals surface area contributed by atoms with Crippen molar-refractivity contribution in [2.45, 2.75) is 32.0 Å². The van der Waals surface area contributed by atoms with Gasteiger partial charge in [0.2, 0.25) is 5.91 Å². The first-order valence-electron chi connectivity index (χ1n) is 6.82. The van der Waals surface area contributed by atoms with Crippen molar-refractivity contribution < 1.29 is 22.8 Å². The van der Waals surface area contributed by atoms with E-state index in [0.717, 1.165) is 25.1 Å². The van der Waals surface area contributed by atoms with Crippen LogP contribution in [0, 0.1) is 5.92 Å². The largest absolute Gasteiger partial charge is 0.417 e. The van der Waals surface area contributed by atoms with Crippen LogP contribution in [0.25, 0.3) is 0 Å². The van der Waals surface area contributed by atoms with Crippen LogP contribution in [-0.4, -0.2) is 34.3 Å². The molecule has 0 radical (unpaired) electrons. The molecule has 1 saturated carbocycles. The topological polar surface area (TPSA) is 76.3 Å². The standard InChI is InChI=1S/C14H16F3N3O2/c1-8(12(18)21)20(7-9-2-3-9)13(22)10-4-11(6-19-5-10)14(15,16)17/h4-6,8-9H,2-3,7H2,1H3,(H2,18,21). The highest BCUT2D eigenvalue weighted by Gasteiger charge is 2.34. The summed E-state index contributed by atoms with van der Waals surface area (Å²) in [5.74, 6) is -1.10. The monoisotopic (exact) mass is 315 g/mol. The first-order chi connectivity index (χ1) is 10.2. The van der Waals surface area contributed by atoms with Gasteiger partial charge in [-0.25, -0.2) is 0 Å². The van der Waals surface area contributed by atoms with E-state index in [1.165, 1.54) is 11.8 Å². The minimum atomic E-state index is -4.58. The normalized spacial score (nSPS) is 16.2. The molecule has 0 aromatic carbocycles. The summed E-state index contributed by atoms with van der Waals surface area (Å²) in [6, 6.07) is -0.147. The first-order valence-corrected chi connectivity index (χ1v) is 6.82. The number of hydrogen-bond acceptors (Lipinski definition) is 3. The number of aromatic nitrogens is 1. The number of primary amides is 1. The average Bonchev–Trinajstić information content (AvgIpc) is 3.26. The Balaban J connectivity index is 2.27. The van der Waals surface area contributed by atoms with Gasteiger partial charge in [-0.3, -0.25) is 14.6 Å². The van der Waals surface area contributed by atoms with Crippen LogP contribution in [0.2, 0.25) is 0 Å². The van der Waals surface area contributed by atoms with Crippen molar-refractivity contribution in [1.82, 2.24) is 9.88 Å². The van der Waals surface area contributed by atoms with Gasteiger partial charge < -0.3 is 10.6 Å². The van der Waals surface area contributed by atoms with E-state index in [2.05, 4.69) is 4.98 Å². The molecule has 0 saturated heterocycles. The summed E-state index contributed by atoms with van der Waals surface area (Å²) in [6.45, 7) is 1.77. The molecular weight excluding hydrogens is 299 g/mol. The van der Waals surface area contributed by atoms with E-state index in [1.807, 2.05) is 0 Å². The van der Waals surface area contributed by atoms with Crippen LogP contribution in [-0.2, 0) is 11.0 Å². The number of nitrogens with zero attached hydrogens (tertiary/aromatic N) is 2. The molecule has 2 rings (SSSR count). The van der Waals surface area contributed by atoms with Crippen LogP contribution >= 0.6 is 0 Å². The van der Waals surface area contributed by atoms with Crippen LogP contribution in [0.1, 0.15) is 35.7 Å². The van der Waals surface area contributed by atoms with Crippen molar-refractivity contribution >= 4 is 11.8 Å². The fourth-order valence-corrected chi connectivity index (χ4v) is 2.03. The Kier molecular flexibility index (Phi) is 4.39. The number of hydrogen-bond donors (Lipinski definition) is 1. The highest BCUT2D eigenvalue weighted by molar-refractivity contribution is 5.97. The van der Waals surface area contributed by atoms with Gasteiger partial charge in [0.1, 0.15) is 6.04 Å². The lowest BCUT2D eigenvalue weighted by Gasteiger charge is -2.27. The molecular formula is C14H16F3N3O2. The molecule has 1 aromatic rings. The summed E-state index contributed by atoms with van der Waals surface area (Å²) >= 11 is 0. The molecule has 0 bridgehead atoms. The second kappa shape index (κ2) is 5.94. The molecule has 1 aliphatic rings. The van der Waals surface area contributed by atoms with Crippen LogP contribution < -0.4 is 5.73 Å². The Bertz CT molecular complexity index is 585. The molecule has 1 aliphatic carbocycles. The zero-order valence-electron chi connectivity index (χ0n) is 11.9. The lowest BCUT2D eigenvalue weighted by atomic mass is 10.1. The molecule has 120 valence electrons. The number of carbonyl (C=O) groups is 2. The molecule has 2 amide bonds. The molecule has 1 aromatic heterocycles. The number of pyridine rings is 1. The van der Waals surface area contributed by atoms with Gasteiger partial charge in [-0.2, -0.15) is 13.2 Å². The van der Waals surface area contributed by atoms with Crippen molar-refractivity contribution in [1.29, 1.82) is 0 Å². The van der Waals surface area contributed by atoms with E-state index in [1.54, 1.807) is 0 Å². The lowest BCUT2D eigenvalue weighted by molar-refractivity contribution is -0.137. The summed E-state index contributed by atoms with van der Waals surface area (Å²) in [7, 11) is 0. The molecule has 1 heterocycles. The summed E-state index contributed by atoms with van der Waals surface area (Å²) in [5, 5.41) is 0. The minimum Gasteiger partial charge on any atom is -0.368 e. The molecule has 1 fully saturated rings. The summed E-state index contributed by atoms with van der Waals surface area (Å²) < 4.78 is 38.1. The zero-order valence-corrected chi connectivity index (χ0v) is 11.9. The van der Waals surface area contributed by atoms with Crippen molar-refractivity contribution in [3.63, 3.8) is 0 Å². The summed E-state index contributed by atoms with van der Waals surface area (Å²) in [5.41, 5.74) is 4.01. The van der Waals surface area contributed by atoms with E-state index in [0.29, 0.717) is 12.7 Å². The van der Waals surface area contributed by atoms with Crippen LogP contribution in [0.4, 0.5) is 13.2 Å². The Labute approximate surface area is 125 Å². The maximum atomic E-state index is 12.7. The van der Waals surface area contributed by atoms with Gasteiger partial charge in [0.25, 0.3) is 5.91 Å². The average molecular weight is 315 g/mol. The van der Waals surface area contributed by atoms with Gasteiger partial charge in [0.05, 0.1) is 11.1 Å². The Morgan fingerprint density at radius 3 is 2.55 bits per heavy atom. The number of alkyl halides is 3. The minimum absolute atomic E-state index is 0.205. The Morgan fingerprint density at radius 1 is 1.41 bits per heavy atom.